The summed E-state index contributed by atoms with van der Waals surface area (Å²) in [6.07, 6.45) is 7.71. The molecule has 0 spiro atoms. The summed E-state index contributed by atoms with van der Waals surface area (Å²) >= 11 is 0. The van der Waals surface area contributed by atoms with E-state index in [0.29, 0.717) is 0 Å². The van der Waals surface area contributed by atoms with Crippen molar-refractivity contribution in [3.63, 3.8) is 0 Å². The summed E-state index contributed by atoms with van der Waals surface area (Å²) < 4.78 is 0. The van der Waals surface area contributed by atoms with E-state index in [9.17, 15) is 0 Å². The van der Waals surface area contributed by atoms with E-state index in [2.05, 4.69) is 66.8 Å². The highest BCUT2D eigenvalue weighted by molar-refractivity contribution is 5.82. The molecule has 158 valence electrons. The Bertz CT molecular complexity index is 1410. The van der Waals surface area contributed by atoms with Crippen molar-refractivity contribution in [3.8, 4) is 0 Å². The van der Waals surface area contributed by atoms with Crippen LogP contribution in [0.25, 0.3) is 21.8 Å². The van der Waals surface area contributed by atoms with Gasteiger partial charge >= 0.3 is 0 Å². The van der Waals surface area contributed by atoms with Crippen LogP contribution in [0.1, 0.15) is 16.7 Å². The second-order valence-corrected chi connectivity index (χ2v) is 8.41. The Hall–Kier alpha value is -3.77. The number of nitrogens with one attached hydrogen (secondary N) is 2. The standard InChI is InChI=1S/C26H24N6/c1-2-4-24-19(3-1)14-22(16-28-24)30-26-23-9-12-32(17-20(23)7-10-27-26)11-8-18-5-6-25-21(13-18)15-29-31-25/h1-7,10,13-16H,8-9,11-12,17H2,(H,27,30)(H,29,31). The molecule has 0 unspecified atom stereocenters. The van der Waals surface area contributed by atoms with Crippen LogP contribution in [0, 0.1) is 0 Å². The van der Waals surface area contributed by atoms with Crippen LogP contribution in [0.3, 0.4) is 0 Å². The summed E-state index contributed by atoms with van der Waals surface area (Å²) in [5.74, 6) is 0.949. The van der Waals surface area contributed by atoms with Gasteiger partial charge in [0.1, 0.15) is 5.82 Å². The van der Waals surface area contributed by atoms with Gasteiger partial charge in [-0.15, -0.1) is 0 Å². The molecule has 0 aliphatic carbocycles. The molecule has 1 aliphatic heterocycles. The Balaban J connectivity index is 1.16. The predicted octanol–water partition coefficient (Wildman–Crippen LogP) is 4.85. The Morgan fingerprint density at radius 1 is 0.969 bits per heavy atom. The van der Waals surface area contributed by atoms with Crippen molar-refractivity contribution in [3.05, 3.63) is 89.9 Å². The molecular weight excluding hydrogens is 396 g/mol. The van der Waals surface area contributed by atoms with Crippen LogP contribution in [0.4, 0.5) is 11.5 Å². The highest BCUT2D eigenvalue weighted by Crippen LogP contribution is 2.28. The summed E-state index contributed by atoms with van der Waals surface area (Å²) in [5, 5.41) is 13.0. The third-order valence-corrected chi connectivity index (χ3v) is 6.30. The molecule has 2 N–H and O–H groups in total. The monoisotopic (exact) mass is 420 g/mol. The van der Waals surface area contributed by atoms with Crippen molar-refractivity contribution in [1.29, 1.82) is 0 Å². The van der Waals surface area contributed by atoms with E-state index >= 15 is 0 Å². The fourth-order valence-electron chi connectivity index (χ4n) is 4.56. The van der Waals surface area contributed by atoms with Crippen molar-refractivity contribution in [2.24, 2.45) is 0 Å². The van der Waals surface area contributed by atoms with Crippen molar-refractivity contribution in [2.75, 3.05) is 18.4 Å². The number of H-pyrrole nitrogens is 1. The van der Waals surface area contributed by atoms with Crippen LogP contribution >= 0.6 is 0 Å². The molecule has 0 amide bonds. The van der Waals surface area contributed by atoms with E-state index in [0.717, 1.165) is 60.4 Å². The molecule has 0 radical (unpaired) electrons. The van der Waals surface area contributed by atoms with E-state index < -0.39 is 0 Å². The Morgan fingerprint density at radius 3 is 2.94 bits per heavy atom. The van der Waals surface area contributed by atoms with Gasteiger partial charge in [0.2, 0.25) is 0 Å². The lowest BCUT2D eigenvalue weighted by Crippen LogP contribution is -2.32. The van der Waals surface area contributed by atoms with Crippen molar-refractivity contribution in [2.45, 2.75) is 19.4 Å². The lowest BCUT2D eigenvalue weighted by Gasteiger charge is -2.29. The van der Waals surface area contributed by atoms with E-state index in [1.807, 2.05) is 36.8 Å². The molecule has 0 atom stereocenters. The van der Waals surface area contributed by atoms with Crippen LogP contribution in [-0.2, 0) is 19.4 Å². The number of pyridine rings is 2. The summed E-state index contributed by atoms with van der Waals surface area (Å²) in [7, 11) is 0. The number of para-hydroxylation sites is 1. The van der Waals surface area contributed by atoms with Crippen LogP contribution in [0.15, 0.2) is 73.2 Å². The van der Waals surface area contributed by atoms with Crippen molar-refractivity contribution in [1.82, 2.24) is 25.1 Å². The number of nitrogens with zero attached hydrogens (tertiary/aromatic N) is 4. The number of rotatable bonds is 5. The van der Waals surface area contributed by atoms with Crippen molar-refractivity contribution < 1.29 is 0 Å². The number of hydrogen-bond donors (Lipinski definition) is 2. The van der Waals surface area contributed by atoms with Crippen LogP contribution in [-0.4, -0.2) is 38.2 Å². The lowest BCUT2D eigenvalue weighted by molar-refractivity contribution is 0.257. The topological polar surface area (TPSA) is 69.7 Å². The normalized spacial score (nSPS) is 14.0. The minimum absolute atomic E-state index is 0.949. The maximum absolute atomic E-state index is 4.64. The molecule has 0 fully saturated rings. The molecule has 4 heterocycles. The van der Waals surface area contributed by atoms with Gasteiger partial charge in [0.05, 0.1) is 29.1 Å². The highest BCUT2D eigenvalue weighted by atomic mass is 15.1. The Kier molecular flexibility index (Phi) is 4.77. The molecule has 3 aromatic heterocycles. The molecule has 1 aliphatic rings. The zero-order valence-electron chi connectivity index (χ0n) is 17.8. The van der Waals surface area contributed by atoms with Gasteiger partial charge in [0.15, 0.2) is 0 Å². The van der Waals surface area contributed by atoms with E-state index in [-0.39, 0.29) is 0 Å². The molecule has 0 saturated carbocycles. The molecule has 6 rings (SSSR count). The van der Waals surface area contributed by atoms with E-state index in [1.54, 1.807) is 0 Å². The van der Waals surface area contributed by atoms with Crippen LogP contribution in [0.2, 0.25) is 0 Å². The first-order valence-electron chi connectivity index (χ1n) is 11.0. The quantitative estimate of drug-likeness (QED) is 0.425. The fraction of sp³-hybridized carbons (Fsp3) is 0.192. The first-order chi connectivity index (χ1) is 15.8. The smallest absolute Gasteiger partial charge is 0.133 e. The van der Waals surface area contributed by atoms with Crippen LogP contribution in [0.5, 0.6) is 0 Å². The van der Waals surface area contributed by atoms with E-state index in [4.69, 9.17) is 0 Å². The second kappa shape index (κ2) is 8.05. The Labute approximate surface area is 186 Å². The maximum atomic E-state index is 4.64. The average molecular weight is 421 g/mol. The van der Waals surface area contributed by atoms with Crippen molar-refractivity contribution >= 4 is 33.3 Å². The number of aromatic nitrogens is 4. The predicted molar refractivity (Wildman–Crippen MR) is 128 cm³/mol. The van der Waals surface area contributed by atoms with Gasteiger partial charge in [0, 0.05) is 42.2 Å². The molecule has 32 heavy (non-hydrogen) atoms. The fourth-order valence-corrected chi connectivity index (χ4v) is 4.56. The van der Waals surface area contributed by atoms with Gasteiger partial charge in [-0.1, -0.05) is 24.3 Å². The SMILES string of the molecule is c1ccc2ncc(Nc3nccc4c3CCN(CCc3ccc5[nH]ncc5c3)C4)cc2c1. The van der Waals surface area contributed by atoms with Gasteiger partial charge in [-0.05, 0) is 54.3 Å². The zero-order chi connectivity index (χ0) is 21.3. The number of anilines is 2. The molecule has 0 saturated heterocycles. The molecule has 2 aromatic carbocycles. The average Bonchev–Trinajstić information content (AvgIpc) is 3.31. The van der Waals surface area contributed by atoms with Gasteiger partial charge < -0.3 is 5.32 Å². The molecule has 0 bridgehead atoms. The molecule has 5 aromatic rings. The molecule has 6 heteroatoms. The lowest BCUT2D eigenvalue weighted by atomic mass is 10.00. The molecular formula is C26H24N6. The van der Waals surface area contributed by atoms with Crippen LogP contribution < -0.4 is 5.32 Å². The summed E-state index contributed by atoms with van der Waals surface area (Å²) in [6.45, 7) is 3.04. The highest BCUT2D eigenvalue weighted by Gasteiger charge is 2.19. The first-order valence-corrected chi connectivity index (χ1v) is 11.0. The number of fused-ring (bicyclic) bond motifs is 3. The summed E-state index contributed by atoms with van der Waals surface area (Å²) in [6, 6.07) is 19.0. The third-order valence-electron chi connectivity index (χ3n) is 6.30. The second-order valence-electron chi connectivity index (χ2n) is 8.41. The number of aromatic amines is 1. The number of hydrogen-bond acceptors (Lipinski definition) is 5. The van der Waals surface area contributed by atoms with Gasteiger partial charge in [-0.2, -0.15) is 5.10 Å². The zero-order valence-corrected chi connectivity index (χ0v) is 17.8. The first kappa shape index (κ1) is 19.0. The minimum Gasteiger partial charge on any atom is -0.339 e. The largest absolute Gasteiger partial charge is 0.339 e. The number of benzene rings is 2. The third kappa shape index (κ3) is 3.69. The van der Waals surface area contributed by atoms with Gasteiger partial charge in [-0.25, -0.2) is 4.98 Å². The maximum Gasteiger partial charge on any atom is 0.133 e. The summed E-state index contributed by atoms with van der Waals surface area (Å²) in [5.41, 5.74) is 7.09. The minimum atomic E-state index is 0.949. The molecule has 6 nitrogen and oxygen atoms in total. The van der Waals surface area contributed by atoms with Gasteiger partial charge in [-0.3, -0.25) is 15.0 Å². The van der Waals surface area contributed by atoms with Gasteiger partial charge in [0.25, 0.3) is 0 Å². The van der Waals surface area contributed by atoms with E-state index in [1.165, 1.54) is 22.1 Å². The Morgan fingerprint density at radius 2 is 1.94 bits per heavy atom. The summed E-state index contributed by atoms with van der Waals surface area (Å²) in [4.78, 5) is 11.7.